The summed E-state index contributed by atoms with van der Waals surface area (Å²) in [7, 11) is 1.59. The normalized spacial score (nSPS) is 25.2. The van der Waals surface area contributed by atoms with Crippen LogP contribution in [0.5, 0.6) is 0 Å². The summed E-state index contributed by atoms with van der Waals surface area (Å²) in [6.07, 6.45) is 7.78. The Morgan fingerprint density at radius 3 is 2.67 bits per heavy atom. The van der Waals surface area contributed by atoms with Crippen LogP contribution in [-0.2, 0) is 21.1 Å². The van der Waals surface area contributed by atoms with E-state index in [2.05, 4.69) is 27.9 Å². The third-order valence-electron chi connectivity index (χ3n) is 7.43. The molecule has 1 fully saturated rings. The number of hydrogen-bond acceptors (Lipinski definition) is 6. The average molecular weight is 497 g/mol. The minimum absolute atomic E-state index is 0.0419. The van der Waals surface area contributed by atoms with Crippen LogP contribution in [0.15, 0.2) is 36.4 Å². The highest BCUT2D eigenvalue weighted by Crippen LogP contribution is 2.45. The van der Waals surface area contributed by atoms with E-state index in [0.29, 0.717) is 19.4 Å². The van der Waals surface area contributed by atoms with Crippen LogP contribution in [-0.4, -0.2) is 69.0 Å². The van der Waals surface area contributed by atoms with E-state index in [4.69, 9.17) is 5.11 Å². The van der Waals surface area contributed by atoms with Gasteiger partial charge in [-0.25, -0.2) is 4.68 Å². The fraction of sp³-hybridized carbons (Fsp3) is 0.577. The van der Waals surface area contributed by atoms with Gasteiger partial charge in [-0.2, -0.15) is 0 Å². The number of carbonyl (C=O) groups is 3. The van der Waals surface area contributed by atoms with Gasteiger partial charge in [0.1, 0.15) is 18.2 Å². The van der Waals surface area contributed by atoms with Gasteiger partial charge in [-0.1, -0.05) is 42.8 Å². The van der Waals surface area contributed by atoms with E-state index >= 15 is 0 Å². The number of hydrogen-bond donors (Lipinski definition) is 3. The smallest absolute Gasteiger partial charge is 0.244 e. The Labute approximate surface area is 211 Å². The maximum absolute atomic E-state index is 13.8. The lowest BCUT2D eigenvalue weighted by Crippen LogP contribution is -2.48. The molecule has 1 aliphatic carbocycles. The van der Waals surface area contributed by atoms with Gasteiger partial charge in [-0.3, -0.25) is 14.4 Å². The Morgan fingerprint density at radius 1 is 1.11 bits per heavy atom. The van der Waals surface area contributed by atoms with Crippen LogP contribution in [0.25, 0.3) is 11.0 Å². The molecule has 0 unspecified atom stereocenters. The highest BCUT2D eigenvalue weighted by Gasteiger charge is 2.56. The SMILES string of the molecule is CCC[C@@H]1C=C[C@H]2[C@H](C(=O)N(CCCCCO)[C@@H]2C(=O)NCn2nnc3ccccc32)[C@@H]1C(=O)NC. The van der Waals surface area contributed by atoms with E-state index < -0.39 is 23.8 Å². The molecule has 194 valence electrons. The van der Waals surface area contributed by atoms with Crippen molar-refractivity contribution >= 4 is 28.8 Å². The van der Waals surface area contributed by atoms with E-state index in [0.717, 1.165) is 30.3 Å². The van der Waals surface area contributed by atoms with Crippen molar-refractivity contribution < 1.29 is 19.5 Å². The quantitative estimate of drug-likeness (QED) is 0.319. The number of rotatable bonds is 11. The van der Waals surface area contributed by atoms with Gasteiger partial charge in [0.25, 0.3) is 0 Å². The molecule has 4 rings (SSSR count). The van der Waals surface area contributed by atoms with Crippen molar-refractivity contribution in [2.24, 2.45) is 23.7 Å². The van der Waals surface area contributed by atoms with Gasteiger partial charge in [0, 0.05) is 26.1 Å². The molecule has 10 nitrogen and oxygen atoms in total. The molecule has 1 aliphatic heterocycles. The molecule has 0 saturated carbocycles. The second-order valence-electron chi connectivity index (χ2n) is 9.62. The minimum Gasteiger partial charge on any atom is -0.396 e. The maximum Gasteiger partial charge on any atom is 0.244 e. The number of benzene rings is 1. The Kier molecular flexibility index (Phi) is 8.35. The first kappa shape index (κ1) is 25.8. The molecule has 0 spiro atoms. The third kappa shape index (κ3) is 5.00. The van der Waals surface area contributed by atoms with Crippen LogP contribution in [0.2, 0.25) is 0 Å². The largest absolute Gasteiger partial charge is 0.396 e. The molecule has 3 N–H and O–H groups in total. The van der Waals surface area contributed by atoms with E-state index in [1.54, 1.807) is 16.6 Å². The first-order valence-electron chi connectivity index (χ1n) is 12.9. The van der Waals surface area contributed by atoms with Gasteiger partial charge in [-0.05, 0) is 43.7 Å². The van der Waals surface area contributed by atoms with Gasteiger partial charge in [-0.15, -0.1) is 5.10 Å². The Bertz CT molecular complexity index is 1110. The molecule has 1 aromatic heterocycles. The molecule has 10 heteroatoms. The molecule has 2 aliphatic rings. The summed E-state index contributed by atoms with van der Waals surface area (Å²) in [5, 5.41) is 23.1. The molecule has 0 radical (unpaired) electrons. The van der Waals surface area contributed by atoms with Gasteiger partial charge >= 0.3 is 0 Å². The van der Waals surface area contributed by atoms with Crippen LogP contribution in [0.3, 0.4) is 0 Å². The molecule has 5 atom stereocenters. The summed E-state index contributed by atoms with van der Waals surface area (Å²) < 4.78 is 1.62. The predicted molar refractivity (Wildman–Crippen MR) is 134 cm³/mol. The van der Waals surface area contributed by atoms with Crippen LogP contribution in [0, 0.1) is 23.7 Å². The fourth-order valence-electron chi connectivity index (χ4n) is 5.73. The summed E-state index contributed by atoms with van der Waals surface area (Å²) in [6.45, 7) is 2.69. The Morgan fingerprint density at radius 2 is 1.92 bits per heavy atom. The first-order chi connectivity index (χ1) is 17.5. The van der Waals surface area contributed by atoms with Gasteiger partial charge in [0.15, 0.2) is 0 Å². The summed E-state index contributed by atoms with van der Waals surface area (Å²) in [5.74, 6) is -2.09. The second kappa shape index (κ2) is 11.6. The molecule has 36 heavy (non-hydrogen) atoms. The zero-order valence-corrected chi connectivity index (χ0v) is 21.0. The van der Waals surface area contributed by atoms with Crippen molar-refractivity contribution in [2.75, 3.05) is 20.2 Å². The topological polar surface area (TPSA) is 129 Å². The molecular formula is C26H36N6O4. The van der Waals surface area contributed by atoms with Crippen LogP contribution >= 0.6 is 0 Å². The van der Waals surface area contributed by atoms with Crippen LogP contribution < -0.4 is 10.6 Å². The Hall–Kier alpha value is -3.27. The number of amides is 3. The van der Waals surface area contributed by atoms with E-state index in [9.17, 15) is 14.4 Å². The number of unbranched alkanes of at least 4 members (excludes halogenated alkanes) is 2. The molecule has 2 aromatic rings. The molecule has 0 bridgehead atoms. The number of fused-ring (bicyclic) bond motifs is 2. The number of likely N-dealkylation sites (tertiary alicyclic amines) is 1. The number of aliphatic hydroxyl groups is 1. The van der Waals surface area contributed by atoms with Crippen LogP contribution in [0.1, 0.15) is 39.0 Å². The summed E-state index contributed by atoms with van der Waals surface area (Å²) >= 11 is 0. The summed E-state index contributed by atoms with van der Waals surface area (Å²) in [4.78, 5) is 42.0. The van der Waals surface area contributed by atoms with Crippen molar-refractivity contribution in [2.45, 2.75) is 51.7 Å². The molecule has 2 heterocycles. The lowest BCUT2D eigenvalue weighted by molar-refractivity contribution is -0.141. The lowest BCUT2D eigenvalue weighted by Gasteiger charge is -2.34. The van der Waals surface area contributed by atoms with Crippen molar-refractivity contribution in [3.8, 4) is 0 Å². The molecular weight excluding hydrogens is 460 g/mol. The first-order valence-corrected chi connectivity index (χ1v) is 12.9. The number of nitrogens with one attached hydrogen (secondary N) is 2. The van der Waals surface area contributed by atoms with Crippen molar-refractivity contribution in [3.63, 3.8) is 0 Å². The molecule has 3 amide bonds. The number of aliphatic hydroxyl groups excluding tert-OH is 1. The predicted octanol–water partition coefficient (Wildman–Crippen LogP) is 1.46. The summed E-state index contributed by atoms with van der Waals surface area (Å²) in [6, 6.07) is 6.79. The highest BCUT2D eigenvalue weighted by atomic mass is 16.3. The zero-order valence-electron chi connectivity index (χ0n) is 21.0. The lowest BCUT2D eigenvalue weighted by atomic mass is 9.68. The third-order valence-corrected chi connectivity index (χ3v) is 7.43. The van der Waals surface area contributed by atoms with Crippen molar-refractivity contribution in [1.82, 2.24) is 30.5 Å². The van der Waals surface area contributed by atoms with Gasteiger partial charge in [0.05, 0.1) is 17.4 Å². The van der Waals surface area contributed by atoms with Crippen molar-refractivity contribution in [1.29, 1.82) is 0 Å². The number of carbonyl (C=O) groups excluding carboxylic acids is 3. The minimum atomic E-state index is -0.711. The highest BCUT2D eigenvalue weighted by molar-refractivity contribution is 5.96. The van der Waals surface area contributed by atoms with Gasteiger partial charge < -0.3 is 20.6 Å². The number of para-hydroxylation sites is 1. The second-order valence-corrected chi connectivity index (χ2v) is 9.62. The average Bonchev–Trinajstić information content (AvgIpc) is 3.43. The Balaban J connectivity index is 1.59. The van der Waals surface area contributed by atoms with E-state index in [1.165, 1.54) is 0 Å². The number of nitrogens with zero attached hydrogens (tertiary/aromatic N) is 4. The van der Waals surface area contributed by atoms with Crippen molar-refractivity contribution in [3.05, 3.63) is 36.4 Å². The van der Waals surface area contributed by atoms with E-state index in [1.807, 2.05) is 36.4 Å². The number of allylic oxidation sites excluding steroid dienone is 1. The zero-order chi connectivity index (χ0) is 25.7. The molecule has 1 saturated heterocycles. The van der Waals surface area contributed by atoms with E-state index in [-0.39, 0.29) is 36.9 Å². The number of aromatic nitrogens is 3. The fourth-order valence-corrected chi connectivity index (χ4v) is 5.73. The standard InChI is InChI=1S/C26H36N6O4/c1-3-9-17-12-13-18-22(21(17)24(34)27-2)26(36)31(14-7-4-8-15-33)23(18)25(35)28-16-32-20-11-6-5-10-19(20)29-30-32/h5-6,10-13,17-18,21-23,33H,3-4,7-9,14-16H2,1-2H3,(H,27,34)(H,28,35)/t17-,18+,21-,22+,23+/m1/s1. The summed E-state index contributed by atoms with van der Waals surface area (Å²) in [5.41, 5.74) is 1.54. The van der Waals surface area contributed by atoms with Gasteiger partial charge in [0.2, 0.25) is 17.7 Å². The monoisotopic (exact) mass is 496 g/mol. The molecule has 1 aromatic carbocycles. The van der Waals surface area contributed by atoms with Crippen LogP contribution in [0.4, 0.5) is 0 Å². The maximum atomic E-state index is 13.8.